The van der Waals surface area contributed by atoms with E-state index in [0.717, 1.165) is 28.9 Å². The van der Waals surface area contributed by atoms with Crippen LogP contribution in [0.3, 0.4) is 0 Å². The van der Waals surface area contributed by atoms with E-state index < -0.39 is 23.1 Å². The number of hydrogen-bond donors (Lipinski definition) is 2. The molecule has 2 N–H and O–H groups in total. The van der Waals surface area contributed by atoms with Crippen LogP contribution in [0.5, 0.6) is 5.75 Å². The van der Waals surface area contributed by atoms with E-state index in [-0.39, 0.29) is 47.6 Å². The van der Waals surface area contributed by atoms with Crippen LogP contribution < -0.4 is 9.04 Å². The van der Waals surface area contributed by atoms with Crippen LogP contribution in [0, 0.1) is 11.7 Å². The zero-order chi connectivity index (χ0) is 24.9. The van der Waals surface area contributed by atoms with Crippen molar-refractivity contribution < 1.29 is 32.6 Å². The topological polar surface area (TPSA) is 111 Å². The van der Waals surface area contributed by atoms with Gasteiger partial charge in [0.25, 0.3) is 11.3 Å². The molecule has 0 aromatic heterocycles. The van der Waals surface area contributed by atoms with Gasteiger partial charge in [-0.1, -0.05) is 13.0 Å². The maximum Gasteiger partial charge on any atom is 0.341 e. The molecule has 2 aliphatic heterocycles. The number of carboxylic acids is 1. The van der Waals surface area contributed by atoms with Gasteiger partial charge < -0.3 is 14.7 Å². The van der Waals surface area contributed by atoms with Crippen LogP contribution in [-0.4, -0.2) is 68.3 Å². The number of carboxylic acid groups (broad SMARTS) is 1. The molecule has 2 aromatic rings. The molecule has 11 heteroatoms. The second-order valence-electron chi connectivity index (χ2n) is 9.08. The van der Waals surface area contributed by atoms with Crippen molar-refractivity contribution in [3.8, 4) is 5.75 Å². The van der Waals surface area contributed by atoms with Gasteiger partial charge in [-0.05, 0) is 54.3 Å². The zero-order valence-corrected chi connectivity index (χ0v) is 20.0. The number of amides is 1. The van der Waals surface area contributed by atoms with Crippen molar-refractivity contribution in [3.05, 3.63) is 52.8 Å². The minimum atomic E-state index is -2.69. The quantitative estimate of drug-likeness (QED) is 0.559. The first-order chi connectivity index (χ1) is 16.8. The Balaban J connectivity index is 1.57. The fourth-order valence-corrected chi connectivity index (χ4v) is 5.66. The van der Waals surface area contributed by atoms with Crippen LogP contribution in [0.4, 0.5) is 15.8 Å². The summed E-state index contributed by atoms with van der Waals surface area (Å²) in [5.74, 6) is -1.18. The second-order valence-corrected chi connectivity index (χ2v) is 9.91. The van der Waals surface area contributed by atoms with E-state index >= 15 is 0 Å². The van der Waals surface area contributed by atoms with Gasteiger partial charge in [0.2, 0.25) is 5.91 Å². The van der Waals surface area contributed by atoms with E-state index in [2.05, 4.69) is 0 Å². The fraction of sp³-hybridized carbons (Fsp3) is 0.417. The number of nitrogens with zero attached hydrogens (tertiary/aromatic N) is 3. The normalized spacial score (nSPS) is 22.1. The molecule has 0 spiro atoms. The summed E-state index contributed by atoms with van der Waals surface area (Å²) in [5, 5.41) is 10.1. The van der Waals surface area contributed by atoms with Crippen LogP contribution in [0.15, 0.2) is 30.3 Å². The first-order valence-corrected chi connectivity index (χ1v) is 12.6. The molecule has 9 nitrogen and oxygen atoms in total. The van der Waals surface area contributed by atoms with E-state index in [1.54, 1.807) is 11.0 Å². The first-order valence-electron chi connectivity index (χ1n) is 11.5. The zero-order valence-electron chi connectivity index (χ0n) is 19.1. The number of anilines is 2. The Morgan fingerprint density at radius 3 is 2.71 bits per heavy atom. The van der Waals surface area contributed by atoms with Gasteiger partial charge in [-0.15, -0.1) is 0 Å². The summed E-state index contributed by atoms with van der Waals surface area (Å²) in [7, 11) is 0. The Morgan fingerprint density at radius 2 is 2.03 bits per heavy atom. The number of piperazine rings is 1. The number of likely N-dealkylation sites (N-methyl/N-ethyl adjacent to an activating group) is 1. The number of carbonyl (C=O) groups excluding carboxylic acids is 1. The first kappa shape index (κ1) is 23.7. The lowest BCUT2D eigenvalue weighted by atomic mass is 9.99. The van der Waals surface area contributed by atoms with Crippen molar-refractivity contribution in [2.24, 2.45) is 5.92 Å². The van der Waals surface area contributed by atoms with Crippen molar-refractivity contribution in [1.29, 1.82) is 0 Å². The van der Waals surface area contributed by atoms with Crippen LogP contribution in [0.25, 0.3) is 0 Å². The van der Waals surface area contributed by atoms with Gasteiger partial charge in [0.05, 0.1) is 24.5 Å². The molecule has 0 radical (unpaired) electrons. The largest absolute Gasteiger partial charge is 0.492 e. The lowest BCUT2D eigenvalue weighted by Crippen LogP contribution is -2.49. The number of benzene rings is 2. The third kappa shape index (κ3) is 4.39. The van der Waals surface area contributed by atoms with Crippen molar-refractivity contribution >= 4 is 34.5 Å². The van der Waals surface area contributed by atoms with Gasteiger partial charge in [-0.3, -0.25) is 14.2 Å². The Morgan fingerprint density at radius 1 is 1.26 bits per heavy atom. The van der Waals surface area contributed by atoms with Crippen LogP contribution >= 0.6 is 0 Å². The molecule has 1 saturated heterocycles. The monoisotopic (exact) mass is 503 g/mol. The van der Waals surface area contributed by atoms with Crippen molar-refractivity contribution in [2.45, 2.75) is 25.8 Å². The Bertz CT molecular complexity index is 1220. The van der Waals surface area contributed by atoms with Gasteiger partial charge in [-0.2, -0.15) is 0 Å². The van der Waals surface area contributed by atoms with Gasteiger partial charge in [0.15, 0.2) is 0 Å². The van der Waals surface area contributed by atoms with E-state index in [1.165, 1.54) is 18.2 Å². The van der Waals surface area contributed by atoms with Crippen LogP contribution in [-0.2, 0) is 22.6 Å². The molecule has 1 aliphatic carbocycles. The average Bonchev–Trinajstić information content (AvgIpc) is 3.61. The third-order valence-corrected chi connectivity index (χ3v) is 7.69. The highest BCUT2D eigenvalue weighted by molar-refractivity contribution is 7.81. The molecular formula is C24H26FN3O6S. The van der Waals surface area contributed by atoms with Crippen LogP contribution in [0.2, 0.25) is 0 Å². The molecule has 2 aromatic carbocycles. The molecule has 186 valence electrons. The average molecular weight is 504 g/mol. The predicted molar refractivity (Wildman–Crippen MR) is 127 cm³/mol. The molecular weight excluding hydrogens is 477 g/mol. The third-order valence-electron chi connectivity index (χ3n) is 6.99. The number of hydrogen-bond acceptors (Lipinski definition) is 5. The number of aromatic carboxylic acids is 1. The molecule has 1 amide bonds. The minimum absolute atomic E-state index is 0.0186. The van der Waals surface area contributed by atoms with Gasteiger partial charge in [0.1, 0.15) is 17.1 Å². The molecule has 3 atom stereocenters. The SMILES string of the molecule is CCN1CCN(Cc2cc(F)ccc2N(c2ccc3c(c2C(=O)O)OCC2CC32)S(=O)O)C(=O)C1. The summed E-state index contributed by atoms with van der Waals surface area (Å²) in [6.45, 7) is 4.46. The summed E-state index contributed by atoms with van der Waals surface area (Å²) >= 11 is -2.69. The van der Waals surface area contributed by atoms with E-state index in [1.807, 2.05) is 11.8 Å². The van der Waals surface area contributed by atoms with E-state index in [9.17, 15) is 27.8 Å². The van der Waals surface area contributed by atoms with E-state index in [0.29, 0.717) is 31.2 Å². The number of rotatable bonds is 7. The Kier molecular flexibility index (Phi) is 6.24. The van der Waals surface area contributed by atoms with Gasteiger partial charge >= 0.3 is 5.97 Å². The smallest absolute Gasteiger partial charge is 0.341 e. The van der Waals surface area contributed by atoms with Crippen LogP contribution in [0.1, 0.15) is 40.7 Å². The van der Waals surface area contributed by atoms with E-state index in [4.69, 9.17) is 4.74 Å². The van der Waals surface area contributed by atoms with Crippen molar-refractivity contribution in [3.63, 3.8) is 0 Å². The van der Waals surface area contributed by atoms with Gasteiger partial charge in [0, 0.05) is 25.6 Å². The molecule has 3 aliphatic rings. The summed E-state index contributed by atoms with van der Waals surface area (Å²) in [4.78, 5) is 28.5. The highest BCUT2D eigenvalue weighted by atomic mass is 32.2. The maximum atomic E-state index is 14.3. The Hall–Kier alpha value is -3.02. The lowest BCUT2D eigenvalue weighted by Gasteiger charge is -2.34. The number of fused-ring (bicyclic) bond motifs is 3. The predicted octanol–water partition coefficient (Wildman–Crippen LogP) is 2.96. The molecule has 2 heterocycles. The summed E-state index contributed by atoms with van der Waals surface area (Å²) in [5.41, 5.74) is 0.970. The summed E-state index contributed by atoms with van der Waals surface area (Å²) in [6.07, 6.45) is 0.919. The minimum Gasteiger partial charge on any atom is -0.492 e. The fourth-order valence-electron chi connectivity index (χ4n) is 4.99. The maximum absolute atomic E-state index is 14.3. The molecule has 0 bridgehead atoms. The highest BCUT2D eigenvalue weighted by Crippen LogP contribution is 2.56. The standard InChI is InChI=1S/C24H26FN3O6S/c1-2-26-7-8-27(21(29)12-26)11-14-9-16(25)3-5-19(14)28(35(32)33)20-6-4-17-18-10-15(18)13-34-23(17)22(20)24(30)31/h3-6,9,15,18H,2,7-8,10-13H2,1H3,(H,30,31)(H,32,33). The van der Waals surface area contributed by atoms with Crippen molar-refractivity contribution in [2.75, 3.05) is 37.1 Å². The molecule has 1 saturated carbocycles. The highest BCUT2D eigenvalue weighted by Gasteiger charge is 2.46. The second kappa shape index (κ2) is 9.21. The molecule has 5 rings (SSSR count). The number of halogens is 1. The molecule has 35 heavy (non-hydrogen) atoms. The summed E-state index contributed by atoms with van der Waals surface area (Å²) < 4.78 is 43.9. The van der Waals surface area contributed by atoms with Gasteiger partial charge in [-0.25, -0.2) is 17.7 Å². The number of ether oxygens (including phenoxy) is 1. The summed E-state index contributed by atoms with van der Waals surface area (Å²) in [6, 6.07) is 6.91. The lowest BCUT2D eigenvalue weighted by molar-refractivity contribution is -0.136. The van der Waals surface area contributed by atoms with Crippen molar-refractivity contribution in [1.82, 2.24) is 9.80 Å². The Labute approximate surface area is 204 Å². The molecule has 2 fully saturated rings. The molecule has 3 unspecified atom stereocenters. The number of carbonyl (C=O) groups is 2.